The predicted octanol–water partition coefficient (Wildman–Crippen LogP) is -1.74. The van der Waals surface area contributed by atoms with Crippen molar-refractivity contribution in [2.24, 2.45) is 0 Å². The van der Waals surface area contributed by atoms with E-state index in [-0.39, 0.29) is 0 Å². The molecule has 0 radical (unpaired) electrons. The average Bonchev–Trinajstić information content (AvgIpc) is 2.34. The number of Topliss-reactive ketones (excluding diaryl/α,β-unsaturated/α-hetero) is 1. The number of carbonyl (C=O) groups is 6. The van der Waals surface area contributed by atoms with Crippen molar-refractivity contribution in [3.05, 3.63) is 0 Å². The molecule has 0 unspecified atom stereocenters. The van der Waals surface area contributed by atoms with Crippen LogP contribution in [0, 0.1) is 0 Å². The Morgan fingerprint density at radius 3 is 1.26 bits per heavy atom. The molecule has 0 aromatic heterocycles. The number of aliphatic carboxylic acids is 5. The molecular formula is C11H14O12. The van der Waals surface area contributed by atoms with Gasteiger partial charge in [0.05, 0.1) is 19.3 Å². The smallest absolute Gasteiger partial charge is 0.372 e. The summed E-state index contributed by atoms with van der Waals surface area (Å²) in [4.78, 5) is 60.2. The second-order valence-electron chi connectivity index (χ2n) is 4.10. The molecule has 0 aromatic rings. The molecule has 0 amide bonds. The van der Waals surface area contributed by atoms with Crippen LogP contribution in [0.1, 0.15) is 25.7 Å². The van der Waals surface area contributed by atoms with Crippen molar-refractivity contribution < 1.29 is 59.4 Å². The number of carbonyl (C=O) groups excluding carboxylic acids is 1. The van der Waals surface area contributed by atoms with Crippen LogP contribution in [0.5, 0.6) is 0 Å². The maximum Gasteiger partial charge on any atom is 0.372 e. The summed E-state index contributed by atoms with van der Waals surface area (Å²) in [6, 6.07) is 0. The van der Waals surface area contributed by atoms with Gasteiger partial charge >= 0.3 is 29.8 Å². The summed E-state index contributed by atoms with van der Waals surface area (Å²) in [5, 5.41) is 49.8. The molecule has 0 saturated carbocycles. The van der Waals surface area contributed by atoms with E-state index >= 15 is 0 Å². The van der Waals surface area contributed by atoms with Crippen LogP contribution in [0.25, 0.3) is 0 Å². The molecule has 0 aliphatic carbocycles. The maximum atomic E-state index is 10.3. The zero-order chi connectivity index (χ0) is 18.8. The lowest BCUT2D eigenvalue weighted by Gasteiger charge is -2.18. The fourth-order valence-corrected chi connectivity index (χ4v) is 1.04. The summed E-state index contributed by atoms with van der Waals surface area (Å²) < 4.78 is 0. The van der Waals surface area contributed by atoms with Crippen molar-refractivity contribution in [2.45, 2.75) is 31.3 Å². The molecule has 0 fully saturated rings. The molecule has 12 nitrogen and oxygen atoms in total. The summed E-state index contributed by atoms with van der Waals surface area (Å²) in [6.07, 6.45) is -3.15. The monoisotopic (exact) mass is 338 g/mol. The lowest BCUT2D eigenvalue weighted by Crippen LogP contribution is -2.42. The number of carboxylic acids is 5. The lowest BCUT2D eigenvalue weighted by atomic mass is 9.96. The zero-order valence-corrected chi connectivity index (χ0v) is 11.5. The standard InChI is InChI=1S/C6H8O7.C5H6O5/c7-3(8)1-6(13,5(11)12)2-4(9)10;6-3(5(9)10)1-2-4(7)8/h13H,1-2H2,(H,7,8)(H,9,10)(H,11,12);1-2H2,(H,7,8)(H,9,10). The first-order valence-corrected chi connectivity index (χ1v) is 5.69. The number of rotatable bonds is 9. The average molecular weight is 338 g/mol. The van der Waals surface area contributed by atoms with Gasteiger partial charge in [-0.1, -0.05) is 0 Å². The fourth-order valence-electron chi connectivity index (χ4n) is 1.04. The minimum atomic E-state index is -2.74. The second-order valence-corrected chi connectivity index (χ2v) is 4.10. The number of ketones is 1. The van der Waals surface area contributed by atoms with Crippen molar-refractivity contribution in [3.63, 3.8) is 0 Å². The molecule has 0 spiro atoms. The summed E-state index contributed by atoms with van der Waals surface area (Å²) in [7, 11) is 0. The van der Waals surface area contributed by atoms with Crippen LogP contribution in [0.2, 0.25) is 0 Å². The summed E-state index contributed by atoms with van der Waals surface area (Å²) >= 11 is 0. The van der Waals surface area contributed by atoms with Gasteiger partial charge < -0.3 is 30.6 Å². The van der Waals surface area contributed by atoms with Gasteiger partial charge in [-0.15, -0.1) is 0 Å². The van der Waals surface area contributed by atoms with E-state index < -0.39 is 66.9 Å². The van der Waals surface area contributed by atoms with Crippen molar-refractivity contribution in [3.8, 4) is 0 Å². The van der Waals surface area contributed by atoms with E-state index in [1.54, 1.807) is 0 Å². The fraction of sp³-hybridized carbons (Fsp3) is 0.455. The Hall–Kier alpha value is -3.02. The Labute approximate surface area is 127 Å². The number of hydrogen-bond acceptors (Lipinski definition) is 7. The maximum absolute atomic E-state index is 10.3. The highest BCUT2D eigenvalue weighted by atomic mass is 16.4. The van der Waals surface area contributed by atoms with Gasteiger partial charge in [0.2, 0.25) is 5.78 Å². The highest BCUT2D eigenvalue weighted by Gasteiger charge is 2.40. The molecule has 0 saturated heterocycles. The largest absolute Gasteiger partial charge is 0.481 e. The third kappa shape index (κ3) is 11.3. The summed E-state index contributed by atoms with van der Waals surface area (Å²) in [5.74, 6) is -8.84. The van der Waals surface area contributed by atoms with E-state index in [2.05, 4.69) is 0 Å². The van der Waals surface area contributed by atoms with Gasteiger partial charge in [-0.05, 0) is 0 Å². The van der Waals surface area contributed by atoms with Crippen molar-refractivity contribution in [1.29, 1.82) is 0 Å². The second kappa shape index (κ2) is 9.83. The van der Waals surface area contributed by atoms with E-state index in [1.165, 1.54) is 0 Å². The topological polar surface area (TPSA) is 224 Å². The Morgan fingerprint density at radius 1 is 0.652 bits per heavy atom. The summed E-state index contributed by atoms with van der Waals surface area (Å²) in [6.45, 7) is 0. The van der Waals surface area contributed by atoms with Gasteiger partial charge in [-0.2, -0.15) is 0 Å². The van der Waals surface area contributed by atoms with E-state index in [1.807, 2.05) is 0 Å². The van der Waals surface area contributed by atoms with Crippen LogP contribution < -0.4 is 0 Å². The molecule has 130 valence electrons. The lowest BCUT2D eigenvalue weighted by molar-refractivity contribution is -0.170. The molecule has 0 aliphatic rings. The van der Waals surface area contributed by atoms with Gasteiger partial charge in [-0.3, -0.25) is 19.2 Å². The molecule has 23 heavy (non-hydrogen) atoms. The minimum Gasteiger partial charge on any atom is -0.481 e. The quantitative estimate of drug-likeness (QED) is 0.257. The Bertz CT molecular complexity index is 489. The van der Waals surface area contributed by atoms with Crippen molar-refractivity contribution >= 4 is 35.6 Å². The summed E-state index contributed by atoms with van der Waals surface area (Å²) in [5.41, 5.74) is -2.74. The molecular weight excluding hydrogens is 324 g/mol. The minimum absolute atomic E-state index is 0.425. The van der Waals surface area contributed by atoms with Crippen LogP contribution in [-0.4, -0.2) is 71.9 Å². The van der Waals surface area contributed by atoms with Crippen LogP contribution in [-0.2, 0) is 28.8 Å². The molecule has 0 bridgehead atoms. The third-order valence-corrected chi connectivity index (χ3v) is 2.09. The number of aliphatic hydroxyl groups is 1. The molecule has 0 aromatic carbocycles. The van der Waals surface area contributed by atoms with Crippen LogP contribution in [0.3, 0.4) is 0 Å². The van der Waals surface area contributed by atoms with Crippen LogP contribution >= 0.6 is 0 Å². The normalized spacial score (nSPS) is 9.96. The zero-order valence-electron chi connectivity index (χ0n) is 11.5. The van der Waals surface area contributed by atoms with Crippen LogP contribution in [0.4, 0.5) is 0 Å². The van der Waals surface area contributed by atoms with Crippen molar-refractivity contribution in [2.75, 3.05) is 0 Å². The van der Waals surface area contributed by atoms with Crippen molar-refractivity contribution in [1.82, 2.24) is 0 Å². The first kappa shape index (κ1) is 22.3. The predicted molar refractivity (Wildman–Crippen MR) is 66.6 cm³/mol. The Morgan fingerprint density at radius 2 is 1.04 bits per heavy atom. The van der Waals surface area contributed by atoms with Gasteiger partial charge in [0.15, 0.2) is 5.60 Å². The highest BCUT2D eigenvalue weighted by Crippen LogP contribution is 2.15. The molecule has 0 aliphatic heterocycles. The molecule has 6 N–H and O–H groups in total. The Balaban J connectivity index is 0. The van der Waals surface area contributed by atoms with E-state index in [0.717, 1.165) is 0 Å². The third-order valence-electron chi connectivity index (χ3n) is 2.09. The van der Waals surface area contributed by atoms with Gasteiger partial charge in [0.1, 0.15) is 0 Å². The van der Waals surface area contributed by atoms with E-state index in [9.17, 15) is 28.8 Å². The molecule has 12 heteroatoms. The first-order valence-electron chi connectivity index (χ1n) is 5.69. The van der Waals surface area contributed by atoms with Gasteiger partial charge in [0, 0.05) is 6.42 Å². The van der Waals surface area contributed by atoms with Crippen LogP contribution in [0.15, 0.2) is 0 Å². The van der Waals surface area contributed by atoms with E-state index in [4.69, 9.17) is 30.6 Å². The first-order chi connectivity index (χ1) is 10.3. The molecule has 0 rings (SSSR count). The molecule has 0 heterocycles. The highest BCUT2D eigenvalue weighted by molar-refractivity contribution is 6.32. The van der Waals surface area contributed by atoms with E-state index in [0.29, 0.717) is 0 Å². The SMILES string of the molecule is O=C(O)CC(O)(CC(=O)O)C(=O)O.O=C(O)CCC(=O)C(=O)O. The van der Waals surface area contributed by atoms with Gasteiger partial charge in [-0.25, -0.2) is 9.59 Å². The number of hydrogen-bond donors (Lipinski definition) is 6. The Kier molecular flexibility index (Phi) is 9.52. The van der Waals surface area contributed by atoms with Gasteiger partial charge in [0.25, 0.3) is 0 Å². The number of carboxylic acid groups (broad SMARTS) is 5. The molecule has 0 atom stereocenters.